The summed E-state index contributed by atoms with van der Waals surface area (Å²) in [5, 5.41) is 27.4. The first-order valence-corrected chi connectivity index (χ1v) is 16.7. The van der Waals surface area contributed by atoms with Crippen LogP contribution in [0.1, 0.15) is 96.4 Å². The first kappa shape index (κ1) is 36.0. The Bertz CT molecular complexity index is 1290. The smallest absolute Gasteiger partial charge is 0.404 e. The molecule has 0 bridgehead atoms. The molecular weight excluding hydrogens is 594 g/mol. The molecule has 1 aromatic carbocycles. The van der Waals surface area contributed by atoms with E-state index in [9.17, 15) is 24.3 Å². The van der Waals surface area contributed by atoms with E-state index < -0.39 is 29.7 Å². The lowest BCUT2D eigenvalue weighted by Gasteiger charge is -2.35. The molecule has 1 aromatic heterocycles. The Balaban J connectivity index is 1.54. The van der Waals surface area contributed by atoms with Crippen LogP contribution in [-0.2, 0) is 14.4 Å². The summed E-state index contributed by atoms with van der Waals surface area (Å²) in [6.07, 6.45) is 3.72. The number of unbranched alkanes of at least 4 members (excludes halogenated alkanes) is 5. The third-order valence-electron chi connectivity index (χ3n) is 8.17. The number of thiazole rings is 1. The van der Waals surface area contributed by atoms with Crippen LogP contribution < -0.4 is 16.0 Å². The Kier molecular flexibility index (Phi) is 13.3. The molecule has 1 fully saturated rings. The summed E-state index contributed by atoms with van der Waals surface area (Å²) < 4.78 is 0. The molecule has 2 unspecified atom stereocenters. The molecular formula is C33H49N5O6S. The lowest BCUT2D eigenvalue weighted by Crippen LogP contribution is -2.57. The van der Waals surface area contributed by atoms with Gasteiger partial charge < -0.3 is 31.1 Å². The minimum atomic E-state index is -1.01. The molecule has 4 amide bonds. The van der Waals surface area contributed by atoms with Crippen molar-refractivity contribution in [3.63, 3.8) is 0 Å². The van der Waals surface area contributed by atoms with Crippen molar-refractivity contribution in [2.45, 2.75) is 110 Å². The van der Waals surface area contributed by atoms with Gasteiger partial charge in [-0.05, 0) is 43.2 Å². The lowest BCUT2D eigenvalue weighted by molar-refractivity contribution is -0.144. The van der Waals surface area contributed by atoms with Crippen molar-refractivity contribution in [3.05, 3.63) is 41.0 Å². The van der Waals surface area contributed by atoms with Gasteiger partial charge in [-0.15, -0.1) is 11.3 Å². The van der Waals surface area contributed by atoms with Crippen molar-refractivity contribution in [2.24, 2.45) is 5.41 Å². The van der Waals surface area contributed by atoms with Crippen LogP contribution in [0.25, 0.3) is 10.4 Å². The van der Waals surface area contributed by atoms with E-state index in [1.54, 1.807) is 11.3 Å². The number of likely N-dealkylation sites (tertiary alicyclic amines) is 1. The van der Waals surface area contributed by atoms with Gasteiger partial charge in [-0.2, -0.15) is 0 Å². The minimum absolute atomic E-state index is 0.0264. The molecule has 0 spiro atoms. The number of nitrogens with zero attached hydrogens (tertiary/aromatic N) is 2. The average Bonchev–Trinajstić information content (AvgIpc) is 3.59. The Morgan fingerprint density at radius 2 is 1.67 bits per heavy atom. The van der Waals surface area contributed by atoms with Crippen molar-refractivity contribution in [1.29, 1.82) is 0 Å². The normalized spacial score (nSPS) is 17.9. The van der Waals surface area contributed by atoms with Gasteiger partial charge in [-0.25, -0.2) is 9.78 Å². The van der Waals surface area contributed by atoms with E-state index in [0.717, 1.165) is 53.8 Å². The van der Waals surface area contributed by atoms with Crippen LogP contribution in [0.4, 0.5) is 4.79 Å². The Morgan fingerprint density at radius 1 is 1.02 bits per heavy atom. The molecule has 1 aliphatic heterocycles. The number of hydrogen-bond donors (Lipinski definition) is 5. The maximum atomic E-state index is 13.8. The zero-order valence-corrected chi connectivity index (χ0v) is 27.9. The number of carbonyl (C=O) groups is 4. The van der Waals surface area contributed by atoms with Crippen LogP contribution in [0.3, 0.4) is 0 Å². The third-order valence-corrected chi connectivity index (χ3v) is 9.14. The van der Waals surface area contributed by atoms with E-state index in [4.69, 9.17) is 5.11 Å². The standard InChI is InChI=1S/C33H49N5O6S/c1-21(23-13-15-24(16-14-23)28-22(2)35-20-45-28)36-30(41)26-18-25(39)19-38(26)31(42)29(33(3,4)5)37-27(40)12-10-8-6-7-9-11-17-34-32(43)44/h13-16,20-21,25-26,29,34,39H,6-12,17-19H2,1-5H3,(H,36,41)(H,37,40)(H,43,44)/t21?,25-,26+,29?/m1/s1. The maximum Gasteiger partial charge on any atom is 0.404 e. The summed E-state index contributed by atoms with van der Waals surface area (Å²) in [6.45, 7) is 9.94. The zero-order valence-electron chi connectivity index (χ0n) is 27.1. The summed E-state index contributed by atoms with van der Waals surface area (Å²) in [7, 11) is 0. The summed E-state index contributed by atoms with van der Waals surface area (Å²) in [6, 6.07) is 5.94. The number of carbonyl (C=O) groups excluding carboxylic acids is 3. The molecule has 0 aliphatic carbocycles. The fraction of sp³-hybridized carbons (Fsp3) is 0.606. The second-order valence-electron chi connectivity index (χ2n) is 13.0. The number of nitrogens with one attached hydrogen (secondary N) is 3. The molecule has 11 nitrogen and oxygen atoms in total. The van der Waals surface area contributed by atoms with Crippen molar-refractivity contribution >= 4 is 35.2 Å². The maximum absolute atomic E-state index is 13.8. The van der Waals surface area contributed by atoms with Crippen molar-refractivity contribution < 1.29 is 29.4 Å². The monoisotopic (exact) mass is 643 g/mol. The van der Waals surface area contributed by atoms with Crippen molar-refractivity contribution in [2.75, 3.05) is 13.1 Å². The van der Waals surface area contributed by atoms with Gasteiger partial charge >= 0.3 is 6.09 Å². The van der Waals surface area contributed by atoms with Gasteiger partial charge in [-0.3, -0.25) is 14.4 Å². The zero-order chi connectivity index (χ0) is 33.1. The van der Waals surface area contributed by atoms with Crippen LogP contribution >= 0.6 is 11.3 Å². The molecule has 0 radical (unpaired) electrons. The van der Waals surface area contributed by atoms with Crippen molar-refractivity contribution in [1.82, 2.24) is 25.8 Å². The summed E-state index contributed by atoms with van der Waals surface area (Å²) >= 11 is 1.58. The van der Waals surface area contributed by atoms with Gasteiger partial charge in [0.15, 0.2) is 0 Å². The van der Waals surface area contributed by atoms with E-state index in [2.05, 4.69) is 20.9 Å². The first-order chi connectivity index (χ1) is 21.3. The minimum Gasteiger partial charge on any atom is -0.465 e. The van der Waals surface area contributed by atoms with Crippen LogP contribution in [0.15, 0.2) is 29.8 Å². The number of β-amino-alcohol motifs (C(OH)–C–C–N with tert-alkyl or cyclic N) is 1. The van der Waals surface area contributed by atoms with Gasteiger partial charge in [-0.1, -0.05) is 70.7 Å². The fourth-order valence-corrected chi connectivity index (χ4v) is 6.37. The Labute approximate surface area is 270 Å². The van der Waals surface area contributed by atoms with Crippen LogP contribution in [-0.4, -0.2) is 75.2 Å². The lowest BCUT2D eigenvalue weighted by atomic mass is 9.85. The highest BCUT2D eigenvalue weighted by Crippen LogP contribution is 2.29. The molecule has 4 atom stereocenters. The van der Waals surface area contributed by atoms with E-state index in [1.807, 2.05) is 64.4 Å². The first-order valence-electron chi connectivity index (χ1n) is 15.8. The molecule has 2 heterocycles. The highest BCUT2D eigenvalue weighted by Gasteiger charge is 2.44. The highest BCUT2D eigenvalue weighted by atomic mass is 32.1. The fourth-order valence-electron chi connectivity index (χ4n) is 5.56. The average molecular weight is 644 g/mol. The molecule has 248 valence electrons. The Morgan fingerprint density at radius 3 is 2.27 bits per heavy atom. The largest absolute Gasteiger partial charge is 0.465 e. The number of aryl methyl sites for hydroxylation is 1. The van der Waals surface area contributed by atoms with E-state index in [1.165, 1.54) is 4.90 Å². The van der Waals surface area contributed by atoms with E-state index in [-0.39, 0.29) is 43.1 Å². The third kappa shape index (κ3) is 10.8. The number of aliphatic hydroxyl groups is 1. The predicted octanol–water partition coefficient (Wildman–Crippen LogP) is 4.79. The molecule has 5 N–H and O–H groups in total. The van der Waals surface area contributed by atoms with Crippen molar-refractivity contribution in [3.8, 4) is 10.4 Å². The second kappa shape index (κ2) is 16.7. The van der Waals surface area contributed by atoms with Gasteiger partial charge in [0.25, 0.3) is 0 Å². The van der Waals surface area contributed by atoms with Gasteiger partial charge in [0.05, 0.1) is 28.2 Å². The molecule has 3 rings (SSSR count). The summed E-state index contributed by atoms with van der Waals surface area (Å²) in [5.74, 6) is -0.938. The molecule has 0 saturated carbocycles. The van der Waals surface area contributed by atoms with Crippen LogP contribution in [0.5, 0.6) is 0 Å². The number of carboxylic acid groups (broad SMARTS) is 1. The quantitative estimate of drug-likeness (QED) is 0.175. The van der Waals surface area contributed by atoms with E-state index >= 15 is 0 Å². The van der Waals surface area contributed by atoms with Gasteiger partial charge in [0, 0.05) is 25.9 Å². The predicted molar refractivity (Wildman–Crippen MR) is 175 cm³/mol. The molecule has 1 saturated heterocycles. The number of hydrogen-bond acceptors (Lipinski definition) is 7. The molecule has 45 heavy (non-hydrogen) atoms. The van der Waals surface area contributed by atoms with E-state index in [0.29, 0.717) is 13.0 Å². The van der Waals surface area contributed by atoms with Gasteiger partial charge in [0.2, 0.25) is 17.7 Å². The van der Waals surface area contributed by atoms with Gasteiger partial charge in [0.1, 0.15) is 12.1 Å². The number of rotatable bonds is 15. The highest BCUT2D eigenvalue weighted by molar-refractivity contribution is 7.13. The number of benzene rings is 1. The Hall–Kier alpha value is -3.51. The molecule has 2 aromatic rings. The second-order valence-corrected chi connectivity index (χ2v) is 13.8. The topological polar surface area (TPSA) is 161 Å². The number of amides is 4. The van der Waals surface area contributed by atoms with Crippen LogP contribution in [0, 0.1) is 12.3 Å². The number of aromatic nitrogens is 1. The molecule has 1 aliphatic rings. The summed E-state index contributed by atoms with van der Waals surface area (Å²) in [4.78, 5) is 57.5. The summed E-state index contributed by atoms with van der Waals surface area (Å²) in [5.41, 5.74) is 4.15. The molecule has 12 heteroatoms. The SMILES string of the molecule is Cc1ncsc1-c1ccc(C(C)NC(=O)[C@@H]2C[C@@H](O)CN2C(=O)C(NC(=O)CCCCCCCCNC(=O)O)C(C)(C)C)cc1. The van der Waals surface area contributed by atoms with Crippen LogP contribution in [0.2, 0.25) is 0 Å². The number of aliphatic hydroxyl groups excluding tert-OH is 1.